The molecule has 2 aliphatic heterocycles. The molecule has 2 aliphatic rings. The average Bonchev–Trinajstić information content (AvgIpc) is 2.71. The third-order valence-corrected chi connectivity index (χ3v) is 5.75. The summed E-state index contributed by atoms with van der Waals surface area (Å²) in [6.07, 6.45) is 4.06. The first-order valence-corrected chi connectivity index (χ1v) is 7.94. The number of hydrogen-bond acceptors (Lipinski definition) is 4. The van der Waals surface area contributed by atoms with E-state index >= 15 is 0 Å². The zero-order valence-corrected chi connectivity index (χ0v) is 11.3. The first-order valence-electron chi connectivity index (χ1n) is 6.40. The van der Waals surface area contributed by atoms with Gasteiger partial charge in [0.05, 0.1) is 0 Å². The molecule has 0 spiro atoms. The van der Waals surface area contributed by atoms with E-state index in [4.69, 9.17) is 5.11 Å². The number of piperidine rings is 1. The van der Waals surface area contributed by atoms with Crippen LogP contribution in [-0.2, 0) is 14.8 Å². The van der Waals surface area contributed by atoms with Gasteiger partial charge in [0.2, 0.25) is 10.0 Å². The largest absolute Gasteiger partial charge is 0.480 e. The fraction of sp³-hybridized carbons (Fsp3) is 0.909. The molecule has 2 fully saturated rings. The van der Waals surface area contributed by atoms with Crippen molar-refractivity contribution in [3.8, 4) is 0 Å². The molecule has 2 rings (SSSR count). The van der Waals surface area contributed by atoms with Crippen LogP contribution in [-0.4, -0.2) is 54.8 Å². The molecule has 0 aromatic carbocycles. The molecule has 2 saturated heterocycles. The molecule has 0 bridgehead atoms. The highest BCUT2D eigenvalue weighted by atomic mass is 32.2. The Balaban J connectivity index is 2.03. The third kappa shape index (κ3) is 2.67. The zero-order valence-electron chi connectivity index (χ0n) is 10.5. The molecular formula is C11H20N2O4S. The Labute approximate surface area is 107 Å². The van der Waals surface area contributed by atoms with Gasteiger partial charge >= 0.3 is 5.97 Å². The number of fused-ring (bicyclic) bond motifs is 1. The van der Waals surface area contributed by atoms with Crippen LogP contribution < -0.4 is 4.72 Å². The summed E-state index contributed by atoms with van der Waals surface area (Å²) < 4.78 is 26.4. The van der Waals surface area contributed by atoms with Gasteiger partial charge in [-0.3, -0.25) is 9.69 Å². The number of nitrogens with one attached hydrogen (secondary N) is 1. The van der Waals surface area contributed by atoms with E-state index in [1.165, 1.54) is 13.3 Å². The van der Waals surface area contributed by atoms with Gasteiger partial charge in [-0.25, -0.2) is 13.1 Å². The van der Waals surface area contributed by atoms with Crippen molar-refractivity contribution >= 4 is 16.0 Å². The monoisotopic (exact) mass is 276 g/mol. The number of rotatable bonds is 4. The minimum absolute atomic E-state index is 0.128. The molecule has 6 nitrogen and oxygen atoms in total. The Hall–Kier alpha value is -0.660. The summed E-state index contributed by atoms with van der Waals surface area (Å²) in [5, 5.41) is 7.40. The molecule has 18 heavy (non-hydrogen) atoms. The summed E-state index contributed by atoms with van der Waals surface area (Å²) in [6.45, 7) is 3.13. The standard InChI is InChI=1S/C11H20N2O4S/c1-8(11(14)15)18(16,17)12-9-5-7-13-6-3-2-4-10(9)13/h8-10,12H,2-7H2,1H3,(H,14,15). The second kappa shape index (κ2) is 5.14. The molecule has 2 N–H and O–H groups in total. The number of carbonyl (C=O) groups is 1. The van der Waals surface area contributed by atoms with Crippen molar-refractivity contribution in [1.29, 1.82) is 0 Å². The summed E-state index contributed by atoms with van der Waals surface area (Å²) in [4.78, 5) is 13.1. The van der Waals surface area contributed by atoms with Crippen LogP contribution in [0.5, 0.6) is 0 Å². The first-order chi connectivity index (χ1) is 8.42. The number of carboxylic acid groups (broad SMARTS) is 1. The number of nitrogens with zero attached hydrogens (tertiary/aromatic N) is 1. The molecular weight excluding hydrogens is 256 g/mol. The maximum Gasteiger partial charge on any atom is 0.323 e. The fourth-order valence-electron chi connectivity index (χ4n) is 2.83. The van der Waals surface area contributed by atoms with Gasteiger partial charge in [0.25, 0.3) is 0 Å². The van der Waals surface area contributed by atoms with E-state index in [1.807, 2.05) is 0 Å². The van der Waals surface area contributed by atoms with Gasteiger partial charge in [-0.05, 0) is 32.7 Å². The maximum absolute atomic E-state index is 11.9. The highest BCUT2D eigenvalue weighted by molar-refractivity contribution is 7.90. The minimum Gasteiger partial charge on any atom is -0.480 e. The summed E-state index contributed by atoms with van der Waals surface area (Å²) in [5.74, 6) is -1.30. The summed E-state index contributed by atoms with van der Waals surface area (Å²) >= 11 is 0. The summed E-state index contributed by atoms with van der Waals surface area (Å²) in [5.41, 5.74) is 0. The van der Waals surface area contributed by atoms with Gasteiger partial charge in [-0.1, -0.05) is 6.42 Å². The predicted octanol–water partition coefficient (Wildman–Crippen LogP) is 0.00570. The van der Waals surface area contributed by atoms with Gasteiger partial charge in [-0.2, -0.15) is 0 Å². The molecule has 104 valence electrons. The Kier molecular flexibility index (Phi) is 3.93. The van der Waals surface area contributed by atoms with Crippen LogP contribution in [0.3, 0.4) is 0 Å². The van der Waals surface area contributed by atoms with Crippen molar-refractivity contribution < 1.29 is 18.3 Å². The average molecular weight is 276 g/mol. The van der Waals surface area contributed by atoms with E-state index in [9.17, 15) is 13.2 Å². The lowest BCUT2D eigenvalue weighted by molar-refractivity contribution is -0.136. The topological polar surface area (TPSA) is 86.7 Å². The molecule has 2 heterocycles. The molecule has 7 heteroatoms. The second-order valence-electron chi connectivity index (χ2n) is 5.14. The summed E-state index contributed by atoms with van der Waals surface area (Å²) in [6, 6.07) is 0.117. The molecule has 0 aliphatic carbocycles. The zero-order chi connectivity index (χ0) is 13.3. The normalized spacial score (nSPS) is 30.9. The predicted molar refractivity (Wildman–Crippen MR) is 66.8 cm³/mol. The number of sulfonamides is 1. The molecule has 0 amide bonds. The van der Waals surface area contributed by atoms with Crippen molar-refractivity contribution in [2.24, 2.45) is 0 Å². The Morgan fingerprint density at radius 2 is 2.06 bits per heavy atom. The quantitative estimate of drug-likeness (QED) is 0.755. The van der Waals surface area contributed by atoms with Crippen LogP contribution in [0.1, 0.15) is 32.6 Å². The lowest BCUT2D eigenvalue weighted by Gasteiger charge is -2.32. The lowest BCUT2D eigenvalue weighted by atomic mass is 10.00. The Morgan fingerprint density at radius 1 is 1.33 bits per heavy atom. The number of aliphatic carboxylic acids is 1. The molecule has 0 radical (unpaired) electrons. The smallest absolute Gasteiger partial charge is 0.323 e. The van der Waals surface area contributed by atoms with E-state index in [0.29, 0.717) is 0 Å². The fourth-order valence-corrected chi connectivity index (χ4v) is 4.00. The van der Waals surface area contributed by atoms with Crippen LogP contribution >= 0.6 is 0 Å². The SMILES string of the molecule is CC(C(=O)O)S(=O)(=O)NC1CCN2CCCCC12. The number of hydrogen-bond donors (Lipinski definition) is 2. The van der Waals surface area contributed by atoms with E-state index in [1.54, 1.807) is 0 Å². The first kappa shape index (κ1) is 13.8. The van der Waals surface area contributed by atoms with Crippen LogP contribution in [0, 0.1) is 0 Å². The van der Waals surface area contributed by atoms with Crippen molar-refractivity contribution in [1.82, 2.24) is 9.62 Å². The van der Waals surface area contributed by atoms with Crippen LogP contribution in [0.25, 0.3) is 0 Å². The van der Waals surface area contributed by atoms with Crippen molar-refractivity contribution in [3.05, 3.63) is 0 Å². The van der Waals surface area contributed by atoms with Crippen molar-refractivity contribution in [3.63, 3.8) is 0 Å². The molecule has 0 aromatic rings. The maximum atomic E-state index is 11.9. The van der Waals surface area contributed by atoms with Crippen LogP contribution in [0.15, 0.2) is 0 Å². The van der Waals surface area contributed by atoms with Gasteiger partial charge in [0.15, 0.2) is 5.25 Å². The van der Waals surface area contributed by atoms with Gasteiger partial charge in [-0.15, -0.1) is 0 Å². The van der Waals surface area contributed by atoms with E-state index < -0.39 is 21.2 Å². The van der Waals surface area contributed by atoms with Gasteiger partial charge < -0.3 is 5.11 Å². The third-order valence-electron chi connectivity index (χ3n) is 3.98. The summed E-state index contributed by atoms with van der Waals surface area (Å²) in [7, 11) is -3.77. The van der Waals surface area contributed by atoms with Crippen molar-refractivity contribution in [2.45, 2.75) is 49.9 Å². The highest BCUT2D eigenvalue weighted by Gasteiger charge is 2.39. The molecule has 0 saturated carbocycles. The van der Waals surface area contributed by atoms with Crippen LogP contribution in [0.4, 0.5) is 0 Å². The van der Waals surface area contributed by atoms with E-state index in [-0.39, 0.29) is 12.1 Å². The van der Waals surface area contributed by atoms with E-state index in [2.05, 4.69) is 9.62 Å². The number of carboxylic acids is 1. The molecule has 0 aromatic heterocycles. The lowest BCUT2D eigenvalue weighted by Crippen LogP contribution is -2.49. The van der Waals surface area contributed by atoms with Gasteiger partial charge in [0, 0.05) is 18.6 Å². The highest BCUT2D eigenvalue weighted by Crippen LogP contribution is 2.27. The van der Waals surface area contributed by atoms with Crippen LogP contribution in [0.2, 0.25) is 0 Å². The van der Waals surface area contributed by atoms with E-state index in [0.717, 1.165) is 32.4 Å². The Morgan fingerprint density at radius 3 is 2.72 bits per heavy atom. The molecule has 3 unspecified atom stereocenters. The molecule has 3 atom stereocenters. The van der Waals surface area contributed by atoms with Crippen molar-refractivity contribution in [2.75, 3.05) is 13.1 Å². The van der Waals surface area contributed by atoms with Gasteiger partial charge in [0.1, 0.15) is 0 Å². The second-order valence-corrected chi connectivity index (χ2v) is 7.17. The Bertz CT molecular complexity index is 423. The minimum atomic E-state index is -3.77.